The van der Waals surface area contributed by atoms with Crippen LogP contribution >= 0.6 is 22.9 Å². The lowest BCUT2D eigenvalue weighted by Gasteiger charge is -2.20. The number of sulfone groups is 1. The maximum absolute atomic E-state index is 12.8. The van der Waals surface area contributed by atoms with Gasteiger partial charge in [-0.05, 0) is 24.3 Å². The summed E-state index contributed by atoms with van der Waals surface area (Å²) in [7, 11) is -3.80. The Morgan fingerprint density at radius 1 is 1.04 bits per heavy atom. The topological polar surface area (TPSA) is 70.5 Å². The van der Waals surface area contributed by atoms with Crippen LogP contribution in [0.1, 0.15) is 0 Å². The third-order valence-electron chi connectivity index (χ3n) is 3.48. The Kier molecular flexibility index (Phi) is 5.39. The first-order valence-electron chi connectivity index (χ1n) is 7.44. The van der Waals surface area contributed by atoms with Crippen molar-refractivity contribution in [1.82, 2.24) is 4.98 Å². The van der Waals surface area contributed by atoms with Crippen molar-refractivity contribution in [3.05, 3.63) is 65.0 Å². The van der Waals surface area contributed by atoms with Gasteiger partial charge in [0.05, 0.1) is 11.5 Å². The van der Waals surface area contributed by atoms with E-state index >= 15 is 0 Å². The fraction of sp³-hybridized carbons (Fsp3) is 0.118. The molecule has 25 heavy (non-hydrogen) atoms. The fourth-order valence-corrected chi connectivity index (χ4v) is 5.27. The highest BCUT2D eigenvalue weighted by molar-refractivity contribution is 7.91. The molecule has 3 rings (SSSR count). The quantitative estimate of drug-likeness (QED) is 0.689. The molecule has 1 N–H and O–H groups in total. The summed E-state index contributed by atoms with van der Waals surface area (Å²) in [4.78, 5) is 6.14. The van der Waals surface area contributed by atoms with Gasteiger partial charge in [-0.15, -0.1) is 0 Å². The summed E-state index contributed by atoms with van der Waals surface area (Å²) >= 11 is 7.27. The van der Waals surface area contributed by atoms with E-state index < -0.39 is 9.84 Å². The zero-order valence-corrected chi connectivity index (χ0v) is 15.4. The molecule has 5 nitrogen and oxygen atoms in total. The van der Waals surface area contributed by atoms with E-state index in [0.717, 1.165) is 17.0 Å². The zero-order chi connectivity index (χ0) is 17.9. The number of halogens is 1. The summed E-state index contributed by atoms with van der Waals surface area (Å²) in [5.74, 6) is 0. The lowest BCUT2D eigenvalue weighted by molar-refractivity contribution is 0.305. The van der Waals surface area contributed by atoms with Crippen LogP contribution in [0.15, 0.2) is 70.6 Å². The van der Waals surface area contributed by atoms with Gasteiger partial charge >= 0.3 is 0 Å². The molecule has 0 aliphatic carbocycles. The molecule has 130 valence electrons. The van der Waals surface area contributed by atoms with Crippen LogP contribution in [-0.4, -0.2) is 31.7 Å². The van der Waals surface area contributed by atoms with Crippen molar-refractivity contribution < 1.29 is 13.5 Å². The van der Waals surface area contributed by atoms with Crippen molar-refractivity contribution in [2.45, 2.75) is 9.92 Å². The van der Waals surface area contributed by atoms with Gasteiger partial charge in [0.1, 0.15) is 4.34 Å². The molecular formula is C17H15ClN2O3S2. The second kappa shape index (κ2) is 7.53. The highest BCUT2D eigenvalue weighted by Gasteiger charge is 2.27. The van der Waals surface area contributed by atoms with Gasteiger partial charge in [0.25, 0.3) is 0 Å². The molecule has 0 radical (unpaired) electrons. The second-order valence-electron chi connectivity index (χ2n) is 5.10. The highest BCUT2D eigenvalue weighted by Crippen LogP contribution is 2.38. The molecule has 0 spiro atoms. The molecule has 0 atom stereocenters. The van der Waals surface area contributed by atoms with Crippen LogP contribution in [0.5, 0.6) is 0 Å². The van der Waals surface area contributed by atoms with E-state index in [9.17, 15) is 13.5 Å². The average Bonchev–Trinajstić information content (AvgIpc) is 3.03. The third kappa shape index (κ3) is 3.69. The Balaban J connectivity index is 2.05. The highest BCUT2D eigenvalue weighted by atomic mass is 35.5. The van der Waals surface area contributed by atoms with Crippen molar-refractivity contribution >= 4 is 43.6 Å². The fourth-order valence-electron chi connectivity index (χ4n) is 2.31. The van der Waals surface area contributed by atoms with Gasteiger partial charge in [-0.25, -0.2) is 13.4 Å². The predicted octanol–water partition coefficient (Wildman–Crippen LogP) is 3.76. The van der Waals surface area contributed by atoms with Gasteiger partial charge < -0.3 is 10.0 Å². The summed E-state index contributed by atoms with van der Waals surface area (Å²) in [6, 6.07) is 17.4. The predicted molar refractivity (Wildman–Crippen MR) is 99.6 cm³/mol. The van der Waals surface area contributed by atoms with Gasteiger partial charge in [0.2, 0.25) is 9.84 Å². The molecule has 0 amide bonds. The lowest BCUT2D eigenvalue weighted by atomic mass is 10.3. The monoisotopic (exact) mass is 394 g/mol. The maximum atomic E-state index is 12.8. The van der Waals surface area contributed by atoms with Gasteiger partial charge in [-0.2, -0.15) is 0 Å². The largest absolute Gasteiger partial charge is 0.395 e. The number of hydrogen-bond acceptors (Lipinski definition) is 6. The Hall–Kier alpha value is -1.93. The molecule has 1 heterocycles. The molecular weight excluding hydrogens is 380 g/mol. The van der Waals surface area contributed by atoms with E-state index in [0.29, 0.717) is 5.13 Å². The summed E-state index contributed by atoms with van der Waals surface area (Å²) in [5, 5.41) is 9.61. The molecule has 0 saturated heterocycles. The Labute approximate surface area is 155 Å². The molecule has 8 heteroatoms. The van der Waals surface area contributed by atoms with Crippen LogP contribution in [0.2, 0.25) is 4.34 Å². The minimum atomic E-state index is -3.80. The minimum Gasteiger partial charge on any atom is -0.395 e. The van der Waals surface area contributed by atoms with Crippen molar-refractivity contribution in [1.29, 1.82) is 0 Å². The number of thiazole rings is 1. The number of aliphatic hydroxyl groups is 1. The normalized spacial score (nSPS) is 11.4. The first kappa shape index (κ1) is 17.9. The molecule has 0 aliphatic rings. The van der Waals surface area contributed by atoms with Crippen molar-refractivity contribution in [2.24, 2.45) is 0 Å². The lowest BCUT2D eigenvalue weighted by Crippen LogP contribution is -2.21. The van der Waals surface area contributed by atoms with Crippen molar-refractivity contribution in [2.75, 3.05) is 18.1 Å². The van der Waals surface area contributed by atoms with Crippen LogP contribution in [-0.2, 0) is 9.84 Å². The maximum Gasteiger partial charge on any atom is 0.226 e. The molecule has 0 unspecified atom stereocenters. The molecule has 0 fully saturated rings. The number of benzene rings is 2. The summed E-state index contributed by atoms with van der Waals surface area (Å²) in [6.45, 7) is 0.172. The van der Waals surface area contributed by atoms with Gasteiger partial charge in [0.15, 0.2) is 10.2 Å². The number of anilines is 2. The van der Waals surface area contributed by atoms with Crippen LogP contribution < -0.4 is 4.90 Å². The van der Waals surface area contributed by atoms with Crippen LogP contribution in [0, 0.1) is 0 Å². The van der Waals surface area contributed by atoms with Crippen LogP contribution in [0.3, 0.4) is 0 Å². The number of rotatable bonds is 6. The van der Waals surface area contributed by atoms with E-state index in [1.54, 1.807) is 23.1 Å². The van der Waals surface area contributed by atoms with Gasteiger partial charge in [0, 0.05) is 12.2 Å². The number of para-hydroxylation sites is 1. The Bertz CT molecular complexity index is 945. The van der Waals surface area contributed by atoms with E-state index in [2.05, 4.69) is 4.98 Å². The summed E-state index contributed by atoms with van der Waals surface area (Å²) < 4.78 is 25.6. The SMILES string of the molecule is O=S(=O)(c1ccccc1)c1nc(N(CCO)c2ccccc2)sc1Cl. The Morgan fingerprint density at radius 2 is 1.64 bits per heavy atom. The smallest absolute Gasteiger partial charge is 0.226 e. The molecule has 2 aromatic carbocycles. The molecule has 3 aromatic rings. The van der Waals surface area contributed by atoms with E-state index in [-0.39, 0.29) is 27.4 Å². The van der Waals surface area contributed by atoms with Crippen LogP contribution in [0.4, 0.5) is 10.8 Å². The molecule has 0 aliphatic heterocycles. The summed E-state index contributed by atoms with van der Waals surface area (Å²) in [5.41, 5.74) is 0.797. The van der Waals surface area contributed by atoms with E-state index in [1.807, 2.05) is 30.3 Å². The first-order valence-corrected chi connectivity index (χ1v) is 10.1. The van der Waals surface area contributed by atoms with Crippen molar-refractivity contribution in [3.8, 4) is 0 Å². The zero-order valence-electron chi connectivity index (χ0n) is 13.0. The van der Waals surface area contributed by atoms with Gasteiger partial charge in [-0.1, -0.05) is 59.3 Å². The third-order valence-corrected chi connectivity index (χ3v) is 6.69. The number of aromatic nitrogens is 1. The van der Waals surface area contributed by atoms with E-state index in [1.165, 1.54) is 12.1 Å². The first-order chi connectivity index (χ1) is 12.0. The average molecular weight is 395 g/mol. The Morgan fingerprint density at radius 3 is 2.24 bits per heavy atom. The standard InChI is InChI=1S/C17H15ClN2O3S2/c18-15-16(25(22,23)14-9-5-2-6-10-14)19-17(24-15)20(11-12-21)13-7-3-1-4-8-13/h1-10,21H,11-12H2. The van der Waals surface area contributed by atoms with Gasteiger partial charge in [-0.3, -0.25) is 0 Å². The second-order valence-corrected chi connectivity index (χ2v) is 8.55. The van der Waals surface area contributed by atoms with Crippen molar-refractivity contribution in [3.63, 3.8) is 0 Å². The van der Waals surface area contributed by atoms with E-state index in [4.69, 9.17) is 11.6 Å². The number of aliphatic hydroxyl groups excluding tert-OH is 1. The molecule has 0 bridgehead atoms. The number of nitrogens with zero attached hydrogens (tertiary/aromatic N) is 2. The summed E-state index contributed by atoms with van der Waals surface area (Å²) in [6.07, 6.45) is 0. The van der Waals surface area contributed by atoms with Crippen LogP contribution in [0.25, 0.3) is 0 Å². The molecule has 0 saturated carbocycles. The molecule has 1 aromatic heterocycles. The minimum absolute atomic E-state index is 0.0951. The number of hydrogen-bond donors (Lipinski definition) is 1.